The van der Waals surface area contributed by atoms with Gasteiger partial charge in [0.1, 0.15) is 11.3 Å². The molecule has 172 valence electrons. The Morgan fingerprint density at radius 2 is 1.76 bits per heavy atom. The van der Waals surface area contributed by atoms with Crippen LogP contribution < -0.4 is 19.6 Å². The zero-order chi connectivity index (χ0) is 23.5. The highest BCUT2D eigenvalue weighted by Crippen LogP contribution is 2.28. The molecule has 9 nitrogen and oxygen atoms in total. The summed E-state index contributed by atoms with van der Waals surface area (Å²) in [5, 5.41) is 4.88. The summed E-state index contributed by atoms with van der Waals surface area (Å²) in [6.07, 6.45) is 3.14. The van der Waals surface area contributed by atoms with Crippen LogP contribution in [0.15, 0.2) is 59.8 Å². The standard InChI is InChI=1S/C24H25N3O6/c1-3-30-21-13-17(10-11-19(21)33-16-23(29)31-4-2)14-26-27-22(28)15-32-20-9-5-7-18-8-6-12-25-24(18)20/h5-14H,3-4,15-16H2,1-2H3,(H,27,28)/b26-14+. The van der Waals surface area contributed by atoms with Crippen LogP contribution in [0.2, 0.25) is 0 Å². The molecule has 0 fully saturated rings. The Labute approximate surface area is 191 Å². The van der Waals surface area contributed by atoms with Crippen molar-refractivity contribution in [3.05, 3.63) is 60.3 Å². The Bertz CT molecular complexity index is 1130. The Hall–Kier alpha value is -4.14. The molecule has 9 heteroatoms. The fourth-order valence-corrected chi connectivity index (χ4v) is 2.88. The number of ether oxygens (including phenoxy) is 4. The van der Waals surface area contributed by atoms with E-state index >= 15 is 0 Å². The lowest BCUT2D eigenvalue weighted by Gasteiger charge is -2.12. The second-order valence-corrected chi connectivity index (χ2v) is 6.65. The number of hydrazone groups is 1. The van der Waals surface area contributed by atoms with Gasteiger partial charge < -0.3 is 18.9 Å². The van der Waals surface area contributed by atoms with Gasteiger partial charge in [-0.25, -0.2) is 10.2 Å². The smallest absolute Gasteiger partial charge is 0.344 e. The number of para-hydroxylation sites is 1. The average Bonchev–Trinajstić information content (AvgIpc) is 2.82. The van der Waals surface area contributed by atoms with E-state index in [1.54, 1.807) is 37.4 Å². The maximum absolute atomic E-state index is 12.1. The molecule has 33 heavy (non-hydrogen) atoms. The van der Waals surface area contributed by atoms with Crippen LogP contribution in [0.3, 0.4) is 0 Å². The third-order valence-corrected chi connectivity index (χ3v) is 4.28. The van der Waals surface area contributed by atoms with E-state index in [0.29, 0.717) is 34.9 Å². The molecular weight excluding hydrogens is 426 g/mol. The summed E-state index contributed by atoms with van der Waals surface area (Å²) < 4.78 is 21.5. The van der Waals surface area contributed by atoms with Crippen LogP contribution in [0.4, 0.5) is 0 Å². The Kier molecular flexibility index (Phi) is 8.58. The zero-order valence-electron chi connectivity index (χ0n) is 18.4. The van der Waals surface area contributed by atoms with Crippen molar-refractivity contribution < 1.29 is 28.5 Å². The summed E-state index contributed by atoms with van der Waals surface area (Å²) in [6.45, 7) is 3.82. The number of rotatable bonds is 11. The Morgan fingerprint density at radius 3 is 2.58 bits per heavy atom. The first-order valence-electron chi connectivity index (χ1n) is 10.4. The Morgan fingerprint density at radius 1 is 0.939 bits per heavy atom. The molecule has 0 saturated carbocycles. The van der Waals surface area contributed by atoms with E-state index < -0.39 is 11.9 Å². The van der Waals surface area contributed by atoms with Crippen LogP contribution in [0, 0.1) is 0 Å². The molecule has 0 spiro atoms. The van der Waals surface area contributed by atoms with E-state index in [0.717, 1.165) is 5.39 Å². The molecule has 2 aromatic carbocycles. The van der Waals surface area contributed by atoms with E-state index in [2.05, 4.69) is 15.5 Å². The van der Waals surface area contributed by atoms with Gasteiger partial charge in [0, 0.05) is 11.6 Å². The first-order chi connectivity index (χ1) is 16.1. The van der Waals surface area contributed by atoms with Gasteiger partial charge in [-0.1, -0.05) is 18.2 Å². The number of hydrogen-bond donors (Lipinski definition) is 1. The van der Waals surface area contributed by atoms with Crippen molar-refractivity contribution in [2.24, 2.45) is 5.10 Å². The lowest BCUT2D eigenvalue weighted by molar-refractivity contribution is -0.145. The quantitative estimate of drug-likeness (QED) is 0.271. The van der Waals surface area contributed by atoms with Crippen molar-refractivity contribution in [3.8, 4) is 17.2 Å². The molecule has 1 aromatic heterocycles. The van der Waals surface area contributed by atoms with Crippen molar-refractivity contribution in [1.29, 1.82) is 0 Å². The lowest BCUT2D eigenvalue weighted by Crippen LogP contribution is -2.24. The van der Waals surface area contributed by atoms with Gasteiger partial charge in [-0.2, -0.15) is 5.10 Å². The van der Waals surface area contributed by atoms with Gasteiger partial charge in [0.05, 0.1) is 19.4 Å². The van der Waals surface area contributed by atoms with Gasteiger partial charge in [0.25, 0.3) is 5.91 Å². The highest BCUT2D eigenvalue weighted by Gasteiger charge is 2.10. The summed E-state index contributed by atoms with van der Waals surface area (Å²) in [4.78, 5) is 27.9. The number of aromatic nitrogens is 1. The van der Waals surface area contributed by atoms with Crippen molar-refractivity contribution in [1.82, 2.24) is 10.4 Å². The van der Waals surface area contributed by atoms with Gasteiger partial charge in [-0.15, -0.1) is 0 Å². The summed E-state index contributed by atoms with van der Waals surface area (Å²) in [6, 6.07) is 14.3. The average molecular weight is 451 g/mol. The van der Waals surface area contributed by atoms with Gasteiger partial charge in [-0.05, 0) is 49.7 Å². The molecule has 0 radical (unpaired) electrons. The van der Waals surface area contributed by atoms with Gasteiger partial charge in [0.2, 0.25) is 0 Å². The normalized spacial score (nSPS) is 10.7. The summed E-state index contributed by atoms with van der Waals surface area (Å²) >= 11 is 0. The topological polar surface area (TPSA) is 108 Å². The van der Waals surface area contributed by atoms with Crippen molar-refractivity contribution in [2.75, 3.05) is 26.4 Å². The van der Waals surface area contributed by atoms with Crippen LogP contribution in [0.1, 0.15) is 19.4 Å². The van der Waals surface area contributed by atoms with Crippen molar-refractivity contribution >= 4 is 29.0 Å². The van der Waals surface area contributed by atoms with Crippen LogP contribution in [0.5, 0.6) is 17.2 Å². The SMILES string of the molecule is CCOC(=O)COc1ccc(/C=N/NC(=O)COc2cccc3cccnc23)cc1OCC. The largest absolute Gasteiger partial charge is 0.490 e. The molecular formula is C24H25N3O6. The first kappa shape index (κ1) is 23.5. The summed E-state index contributed by atoms with van der Waals surface area (Å²) in [7, 11) is 0. The third-order valence-electron chi connectivity index (χ3n) is 4.28. The van der Waals surface area contributed by atoms with Gasteiger partial charge in [-0.3, -0.25) is 9.78 Å². The minimum atomic E-state index is -0.463. The number of nitrogens with zero attached hydrogens (tertiary/aromatic N) is 2. The fourth-order valence-electron chi connectivity index (χ4n) is 2.88. The fraction of sp³-hybridized carbons (Fsp3) is 0.250. The van der Waals surface area contributed by atoms with E-state index in [9.17, 15) is 9.59 Å². The third kappa shape index (κ3) is 6.93. The van der Waals surface area contributed by atoms with Crippen LogP contribution >= 0.6 is 0 Å². The summed E-state index contributed by atoms with van der Waals surface area (Å²) in [5.74, 6) is 0.493. The molecule has 0 atom stereocenters. The first-order valence-corrected chi connectivity index (χ1v) is 10.4. The molecule has 0 aliphatic heterocycles. The predicted octanol–water partition coefficient (Wildman–Crippen LogP) is 3.10. The number of pyridine rings is 1. The number of carbonyl (C=O) groups is 2. The predicted molar refractivity (Wildman–Crippen MR) is 123 cm³/mol. The van der Waals surface area contributed by atoms with E-state index in [-0.39, 0.29) is 19.8 Å². The van der Waals surface area contributed by atoms with Crippen molar-refractivity contribution in [3.63, 3.8) is 0 Å². The summed E-state index contributed by atoms with van der Waals surface area (Å²) in [5.41, 5.74) is 3.77. The molecule has 0 aliphatic rings. The van der Waals surface area contributed by atoms with Gasteiger partial charge in [0.15, 0.2) is 24.7 Å². The highest BCUT2D eigenvalue weighted by molar-refractivity contribution is 5.86. The minimum absolute atomic E-state index is 0.210. The molecule has 1 heterocycles. The van der Waals surface area contributed by atoms with E-state index in [1.807, 2.05) is 31.2 Å². The van der Waals surface area contributed by atoms with E-state index in [1.165, 1.54) is 6.21 Å². The maximum atomic E-state index is 12.1. The molecule has 0 aliphatic carbocycles. The zero-order valence-corrected chi connectivity index (χ0v) is 18.4. The highest BCUT2D eigenvalue weighted by atomic mass is 16.6. The molecule has 0 bridgehead atoms. The Balaban J connectivity index is 1.55. The lowest BCUT2D eigenvalue weighted by atomic mass is 10.2. The minimum Gasteiger partial charge on any atom is -0.490 e. The van der Waals surface area contributed by atoms with Crippen LogP contribution in [-0.4, -0.2) is 49.5 Å². The number of carbonyl (C=O) groups excluding carboxylic acids is 2. The number of amides is 1. The molecule has 3 rings (SSSR count). The second kappa shape index (κ2) is 12.0. The number of benzene rings is 2. The van der Waals surface area contributed by atoms with Gasteiger partial charge >= 0.3 is 5.97 Å². The van der Waals surface area contributed by atoms with E-state index in [4.69, 9.17) is 18.9 Å². The van der Waals surface area contributed by atoms with Crippen LogP contribution in [0.25, 0.3) is 10.9 Å². The molecule has 0 unspecified atom stereocenters. The number of fused-ring (bicyclic) bond motifs is 1. The molecule has 1 N–H and O–H groups in total. The number of esters is 1. The number of nitrogens with one attached hydrogen (secondary N) is 1. The molecule has 0 saturated heterocycles. The van der Waals surface area contributed by atoms with Crippen molar-refractivity contribution in [2.45, 2.75) is 13.8 Å². The van der Waals surface area contributed by atoms with Crippen LogP contribution in [-0.2, 0) is 14.3 Å². The monoisotopic (exact) mass is 451 g/mol. The maximum Gasteiger partial charge on any atom is 0.344 e. The second-order valence-electron chi connectivity index (χ2n) is 6.65. The molecule has 1 amide bonds. The number of hydrogen-bond acceptors (Lipinski definition) is 8. The molecule has 3 aromatic rings.